The number of benzene rings is 2. The van der Waals surface area contributed by atoms with E-state index in [2.05, 4.69) is 31.2 Å². The van der Waals surface area contributed by atoms with Crippen molar-refractivity contribution in [3.8, 4) is 0 Å². The highest BCUT2D eigenvalue weighted by Crippen LogP contribution is 2.32. The van der Waals surface area contributed by atoms with E-state index in [9.17, 15) is 9.18 Å². The Morgan fingerprint density at radius 3 is 2.53 bits per heavy atom. The second-order valence-corrected chi connectivity index (χ2v) is 9.04. The summed E-state index contributed by atoms with van der Waals surface area (Å²) in [5.41, 5.74) is 5.98. The van der Waals surface area contributed by atoms with Gasteiger partial charge in [-0.15, -0.1) is 0 Å². The minimum absolute atomic E-state index is 0.217. The molecule has 4 heteroatoms. The molecule has 0 N–H and O–H groups in total. The van der Waals surface area contributed by atoms with E-state index in [0.717, 1.165) is 52.7 Å². The fourth-order valence-corrected chi connectivity index (χ4v) is 3.78. The highest BCUT2D eigenvalue weighted by atomic mass is 19.1. The van der Waals surface area contributed by atoms with E-state index in [4.69, 9.17) is 4.74 Å². The number of aryl methyl sites for hydroxylation is 1. The Hall–Kier alpha value is -2.62. The molecule has 0 bridgehead atoms. The third-order valence-corrected chi connectivity index (χ3v) is 5.28. The molecule has 160 valence electrons. The van der Waals surface area contributed by atoms with Gasteiger partial charge in [0.1, 0.15) is 11.4 Å². The largest absolute Gasteiger partial charge is 0.444 e. The smallest absolute Gasteiger partial charge is 0.410 e. The molecule has 1 amide bonds. The molecule has 1 aliphatic rings. The van der Waals surface area contributed by atoms with Gasteiger partial charge in [-0.1, -0.05) is 44.0 Å². The summed E-state index contributed by atoms with van der Waals surface area (Å²) in [6.45, 7) is 10.9. The van der Waals surface area contributed by atoms with Gasteiger partial charge in [0.15, 0.2) is 0 Å². The van der Waals surface area contributed by atoms with Crippen LogP contribution in [0.25, 0.3) is 5.57 Å². The number of amides is 1. The van der Waals surface area contributed by atoms with Crippen LogP contribution < -0.4 is 0 Å². The van der Waals surface area contributed by atoms with Crippen molar-refractivity contribution in [1.29, 1.82) is 0 Å². The molecule has 2 aromatic rings. The zero-order chi connectivity index (χ0) is 21.9. The fraction of sp³-hybridized carbons (Fsp3) is 0.423. The van der Waals surface area contributed by atoms with E-state index in [0.29, 0.717) is 13.1 Å². The van der Waals surface area contributed by atoms with Crippen LogP contribution in [-0.4, -0.2) is 16.6 Å². The van der Waals surface area contributed by atoms with E-state index in [1.807, 2.05) is 33.8 Å². The van der Waals surface area contributed by atoms with Gasteiger partial charge in [0, 0.05) is 13.1 Å². The van der Waals surface area contributed by atoms with Crippen LogP contribution in [0.15, 0.2) is 42.5 Å². The molecular formula is C26H32FNO2. The first kappa shape index (κ1) is 22.1. The summed E-state index contributed by atoms with van der Waals surface area (Å²) in [7, 11) is 0. The predicted molar refractivity (Wildman–Crippen MR) is 120 cm³/mol. The molecule has 0 fully saturated rings. The summed E-state index contributed by atoms with van der Waals surface area (Å²) in [6.07, 6.45) is 5.19. The molecule has 0 radical (unpaired) electrons. The second kappa shape index (κ2) is 9.03. The molecule has 0 aromatic heterocycles. The second-order valence-electron chi connectivity index (χ2n) is 9.04. The van der Waals surface area contributed by atoms with Gasteiger partial charge in [-0.05, 0) is 85.7 Å². The van der Waals surface area contributed by atoms with Gasteiger partial charge in [-0.25, -0.2) is 9.18 Å². The van der Waals surface area contributed by atoms with E-state index >= 15 is 0 Å². The average Bonchev–Trinajstić information content (AvgIpc) is 3.08. The van der Waals surface area contributed by atoms with Gasteiger partial charge in [0.25, 0.3) is 0 Å². The van der Waals surface area contributed by atoms with Crippen LogP contribution >= 0.6 is 0 Å². The van der Waals surface area contributed by atoms with Crippen LogP contribution in [0, 0.1) is 12.7 Å². The lowest BCUT2D eigenvalue weighted by molar-refractivity contribution is 0.0242. The minimum atomic E-state index is -0.508. The van der Waals surface area contributed by atoms with Gasteiger partial charge in [0.05, 0.1) is 0 Å². The first-order valence-electron chi connectivity index (χ1n) is 10.7. The first-order chi connectivity index (χ1) is 14.2. The summed E-state index contributed by atoms with van der Waals surface area (Å²) in [6, 6.07) is 11.3. The number of carbonyl (C=O) groups excluding carboxylic acids is 1. The Kier molecular flexibility index (Phi) is 6.64. The molecule has 3 nitrogen and oxygen atoms in total. The van der Waals surface area contributed by atoms with Crippen LogP contribution in [0.3, 0.4) is 0 Å². The fourth-order valence-electron chi connectivity index (χ4n) is 3.78. The van der Waals surface area contributed by atoms with Crippen molar-refractivity contribution >= 4 is 11.7 Å². The van der Waals surface area contributed by atoms with E-state index < -0.39 is 5.60 Å². The standard InChI is InChI=1S/C26H32FNO2/c1-6-7-8-9-24(23-13-12-22(27)14-18(23)2)19-10-11-20-16-28(17-21(20)15-19)25(29)30-26(3,4)5/h9-15H,6-8,16-17H2,1-5H3. The Bertz CT molecular complexity index is 956. The summed E-state index contributed by atoms with van der Waals surface area (Å²) in [5.74, 6) is -0.217. The summed E-state index contributed by atoms with van der Waals surface area (Å²) < 4.78 is 19.2. The molecule has 3 rings (SSSR count). The number of fused-ring (bicyclic) bond motifs is 1. The monoisotopic (exact) mass is 409 g/mol. The lowest BCUT2D eigenvalue weighted by atomic mass is 9.91. The van der Waals surface area contributed by atoms with Gasteiger partial charge >= 0.3 is 6.09 Å². The summed E-state index contributed by atoms with van der Waals surface area (Å²) in [5, 5.41) is 0. The highest BCUT2D eigenvalue weighted by Gasteiger charge is 2.28. The van der Waals surface area contributed by atoms with Crippen molar-refractivity contribution in [3.05, 3.63) is 76.1 Å². The maximum absolute atomic E-state index is 13.7. The normalized spacial score (nSPS) is 14.1. The molecule has 0 atom stereocenters. The molecular weight excluding hydrogens is 377 g/mol. The lowest BCUT2D eigenvalue weighted by Gasteiger charge is -2.24. The Balaban J connectivity index is 1.90. The number of hydrogen-bond acceptors (Lipinski definition) is 2. The predicted octanol–water partition coefficient (Wildman–Crippen LogP) is 7.01. The zero-order valence-electron chi connectivity index (χ0n) is 18.7. The quantitative estimate of drug-likeness (QED) is 0.497. The number of allylic oxidation sites excluding steroid dienone is 1. The van der Waals surface area contributed by atoms with E-state index in [1.165, 1.54) is 6.07 Å². The third kappa shape index (κ3) is 5.29. The molecule has 0 spiro atoms. The van der Waals surface area contributed by atoms with Crippen LogP contribution in [0.5, 0.6) is 0 Å². The molecule has 0 aliphatic carbocycles. The van der Waals surface area contributed by atoms with Crippen LogP contribution in [0.2, 0.25) is 0 Å². The number of nitrogens with zero attached hydrogens (tertiary/aromatic N) is 1. The maximum atomic E-state index is 13.7. The number of ether oxygens (including phenoxy) is 1. The van der Waals surface area contributed by atoms with E-state index in [1.54, 1.807) is 11.0 Å². The van der Waals surface area contributed by atoms with Crippen molar-refractivity contribution in [2.75, 3.05) is 0 Å². The number of rotatable bonds is 5. The van der Waals surface area contributed by atoms with Crippen LogP contribution in [0.1, 0.15) is 74.8 Å². The molecule has 30 heavy (non-hydrogen) atoms. The lowest BCUT2D eigenvalue weighted by Crippen LogP contribution is -2.33. The van der Waals surface area contributed by atoms with Crippen molar-refractivity contribution < 1.29 is 13.9 Å². The molecule has 0 saturated carbocycles. The molecule has 0 unspecified atom stereocenters. The SMILES string of the molecule is CCCCC=C(c1ccc2c(c1)CN(C(=O)OC(C)(C)C)C2)c1ccc(F)cc1C. The maximum Gasteiger partial charge on any atom is 0.410 e. The van der Waals surface area contributed by atoms with E-state index in [-0.39, 0.29) is 11.9 Å². The summed E-state index contributed by atoms with van der Waals surface area (Å²) in [4.78, 5) is 14.2. The number of unbranched alkanes of at least 4 members (excludes halogenated alkanes) is 2. The van der Waals surface area contributed by atoms with Crippen LogP contribution in [-0.2, 0) is 17.8 Å². The van der Waals surface area contributed by atoms with Crippen molar-refractivity contribution in [1.82, 2.24) is 4.90 Å². The van der Waals surface area contributed by atoms with Crippen molar-refractivity contribution in [2.45, 2.75) is 72.6 Å². The number of hydrogen-bond donors (Lipinski definition) is 0. The average molecular weight is 410 g/mol. The Morgan fingerprint density at radius 1 is 1.13 bits per heavy atom. The zero-order valence-corrected chi connectivity index (χ0v) is 18.7. The Morgan fingerprint density at radius 2 is 1.87 bits per heavy atom. The van der Waals surface area contributed by atoms with Crippen molar-refractivity contribution in [3.63, 3.8) is 0 Å². The van der Waals surface area contributed by atoms with Crippen molar-refractivity contribution in [2.24, 2.45) is 0 Å². The molecule has 1 aliphatic heterocycles. The molecule has 2 aromatic carbocycles. The molecule has 1 heterocycles. The highest BCUT2D eigenvalue weighted by molar-refractivity contribution is 5.82. The van der Waals surface area contributed by atoms with Gasteiger partial charge in [0.2, 0.25) is 0 Å². The Labute approximate surface area is 179 Å². The first-order valence-corrected chi connectivity index (χ1v) is 10.7. The topological polar surface area (TPSA) is 29.5 Å². The third-order valence-electron chi connectivity index (χ3n) is 5.28. The van der Waals surface area contributed by atoms with Gasteiger partial charge < -0.3 is 4.74 Å². The van der Waals surface area contributed by atoms with Gasteiger partial charge in [-0.3, -0.25) is 4.90 Å². The number of carbonyl (C=O) groups is 1. The minimum Gasteiger partial charge on any atom is -0.444 e. The summed E-state index contributed by atoms with van der Waals surface area (Å²) >= 11 is 0. The number of halogens is 1. The molecule has 0 saturated heterocycles. The van der Waals surface area contributed by atoms with Gasteiger partial charge in [-0.2, -0.15) is 0 Å². The van der Waals surface area contributed by atoms with Crippen LogP contribution in [0.4, 0.5) is 9.18 Å².